The van der Waals surface area contributed by atoms with Gasteiger partial charge in [0, 0.05) is 43.1 Å². The molecule has 2 heterocycles. The zero-order valence-corrected chi connectivity index (χ0v) is 19.8. The van der Waals surface area contributed by atoms with Crippen molar-refractivity contribution in [2.45, 2.75) is 45.4 Å². The number of methoxy groups -OCH3 is 2. The summed E-state index contributed by atoms with van der Waals surface area (Å²) in [6, 6.07) is 8.93. The van der Waals surface area contributed by atoms with Crippen LogP contribution >= 0.6 is 0 Å². The highest BCUT2D eigenvalue weighted by molar-refractivity contribution is 5.79. The lowest BCUT2D eigenvalue weighted by molar-refractivity contribution is -0.130. The van der Waals surface area contributed by atoms with Crippen LogP contribution in [0.15, 0.2) is 30.3 Å². The molecule has 0 spiro atoms. The second-order valence-electron chi connectivity index (χ2n) is 8.90. The normalized spacial score (nSPS) is 17.2. The molecule has 7 heteroatoms. The quantitative estimate of drug-likeness (QED) is 0.622. The Morgan fingerprint density at radius 2 is 1.88 bits per heavy atom. The molecule has 0 saturated carbocycles. The van der Waals surface area contributed by atoms with Crippen LogP contribution in [0.4, 0.5) is 0 Å². The minimum absolute atomic E-state index is 0.0274. The summed E-state index contributed by atoms with van der Waals surface area (Å²) in [5, 5.41) is 11.0. The van der Waals surface area contributed by atoms with Gasteiger partial charge in [-0.1, -0.05) is 19.9 Å². The Morgan fingerprint density at radius 1 is 1.12 bits per heavy atom. The van der Waals surface area contributed by atoms with Crippen LogP contribution in [-0.4, -0.2) is 50.0 Å². The van der Waals surface area contributed by atoms with E-state index < -0.39 is 5.92 Å². The van der Waals surface area contributed by atoms with E-state index in [1.165, 1.54) is 7.11 Å². The number of nitrogens with zero attached hydrogens (tertiary/aromatic N) is 1. The smallest absolute Gasteiger partial charge is 0.231 e. The molecular formula is C26H33NO6. The van der Waals surface area contributed by atoms with Gasteiger partial charge in [0.2, 0.25) is 12.7 Å². The largest absolute Gasteiger partial charge is 0.507 e. The Hall–Kier alpha value is -3.09. The van der Waals surface area contributed by atoms with Crippen molar-refractivity contribution in [2.24, 2.45) is 5.41 Å². The first-order valence-electron chi connectivity index (χ1n) is 11.6. The zero-order chi connectivity index (χ0) is 23.6. The summed E-state index contributed by atoms with van der Waals surface area (Å²) in [5.41, 5.74) is 1.61. The van der Waals surface area contributed by atoms with Gasteiger partial charge in [0.15, 0.2) is 11.5 Å². The van der Waals surface area contributed by atoms with Crippen molar-refractivity contribution in [1.29, 1.82) is 0 Å². The van der Waals surface area contributed by atoms with Crippen molar-refractivity contribution in [3.05, 3.63) is 41.5 Å². The molecule has 33 heavy (non-hydrogen) atoms. The molecular weight excluding hydrogens is 422 g/mol. The molecule has 2 aromatic rings. The van der Waals surface area contributed by atoms with Gasteiger partial charge >= 0.3 is 0 Å². The van der Waals surface area contributed by atoms with Crippen LogP contribution in [0, 0.1) is 5.41 Å². The lowest BCUT2D eigenvalue weighted by Crippen LogP contribution is -2.32. The number of hydrogen-bond acceptors (Lipinski definition) is 6. The van der Waals surface area contributed by atoms with Crippen molar-refractivity contribution in [2.75, 3.05) is 34.1 Å². The molecule has 1 fully saturated rings. The molecule has 1 amide bonds. The first-order chi connectivity index (χ1) is 15.9. The van der Waals surface area contributed by atoms with Crippen LogP contribution in [0.1, 0.15) is 56.6 Å². The highest BCUT2D eigenvalue weighted by Gasteiger charge is 2.38. The molecule has 2 aromatic carbocycles. The number of aromatic hydroxyl groups is 1. The first kappa shape index (κ1) is 23.1. The van der Waals surface area contributed by atoms with E-state index in [1.54, 1.807) is 19.2 Å². The number of phenolic OH excluding ortho intramolecular Hbond substituents is 1. The van der Waals surface area contributed by atoms with E-state index in [0.29, 0.717) is 28.6 Å². The Kier molecular flexibility index (Phi) is 6.58. The number of likely N-dealkylation sites (tertiary alicyclic amines) is 1. The zero-order valence-electron chi connectivity index (χ0n) is 19.8. The number of rotatable bonds is 8. The summed E-state index contributed by atoms with van der Waals surface area (Å²) in [5.74, 6) is 1.93. The van der Waals surface area contributed by atoms with Gasteiger partial charge in [-0.2, -0.15) is 0 Å². The van der Waals surface area contributed by atoms with E-state index in [0.717, 1.165) is 37.9 Å². The molecule has 7 nitrogen and oxygen atoms in total. The van der Waals surface area contributed by atoms with Gasteiger partial charge in [0.05, 0.1) is 14.2 Å². The van der Waals surface area contributed by atoms with Crippen LogP contribution in [0.3, 0.4) is 0 Å². The van der Waals surface area contributed by atoms with Gasteiger partial charge in [-0.3, -0.25) is 4.79 Å². The summed E-state index contributed by atoms with van der Waals surface area (Å²) in [6.45, 7) is 6.11. The van der Waals surface area contributed by atoms with E-state index in [4.69, 9.17) is 18.9 Å². The predicted octanol–water partition coefficient (Wildman–Crippen LogP) is 4.70. The Bertz CT molecular complexity index is 1020. The summed E-state index contributed by atoms with van der Waals surface area (Å²) in [6.07, 6.45) is 3.36. The number of benzene rings is 2. The minimum atomic E-state index is -0.425. The molecule has 1 N–H and O–H groups in total. The fourth-order valence-corrected chi connectivity index (χ4v) is 5.02. The SMILES string of the molecule is CCC1(CC)CCN(C(=O)CC(c2ccc3c(c2)OCO3)c2c(O)cc(OC)cc2OC)C1. The van der Waals surface area contributed by atoms with Crippen molar-refractivity contribution in [1.82, 2.24) is 4.90 Å². The van der Waals surface area contributed by atoms with E-state index >= 15 is 0 Å². The molecule has 2 aliphatic heterocycles. The number of phenols is 1. The molecule has 0 aliphatic carbocycles. The molecule has 1 atom stereocenters. The van der Waals surface area contributed by atoms with Crippen molar-refractivity contribution >= 4 is 5.91 Å². The summed E-state index contributed by atoms with van der Waals surface area (Å²) in [7, 11) is 3.08. The molecule has 0 bridgehead atoms. The summed E-state index contributed by atoms with van der Waals surface area (Å²) in [4.78, 5) is 15.5. The highest BCUT2D eigenvalue weighted by atomic mass is 16.7. The molecule has 0 radical (unpaired) electrons. The fourth-order valence-electron chi connectivity index (χ4n) is 5.02. The second-order valence-corrected chi connectivity index (χ2v) is 8.90. The van der Waals surface area contributed by atoms with Crippen LogP contribution in [0.5, 0.6) is 28.7 Å². The molecule has 1 unspecified atom stereocenters. The minimum Gasteiger partial charge on any atom is -0.507 e. The molecule has 0 aromatic heterocycles. The lowest BCUT2D eigenvalue weighted by atomic mass is 9.82. The lowest BCUT2D eigenvalue weighted by Gasteiger charge is -2.28. The Labute approximate surface area is 195 Å². The van der Waals surface area contributed by atoms with Gasteiger partial charge < -0.3 is 29.0 Å². The van der Waals surface area contributed by atoms with Gasteiger partial charge in [0.1, 0.15) is 17.2 Å². The number of fused-ring (bicyclic) bond motifs is 1. The first-order valence-corrected chi connectivity index (χ1v) is 11.6. The maximum Gasteiger partial charge on any atom is 0.231 e. The van der Waals surface area contributed by atoms with Gasteiger partial charge in [-0.05, 0) is 42.4 Å². The van der Waals surface area contributed by atoms with E-state index in [1.807, 2.05) is 23.1 Å². The number of hydrogen-bond donors (Lipinski definition) is 1. The van der Waals surface area contributed by atoms with E-state index in [-0.39, 0.29) is 30.3 Å². The van der Waals surface area contributed by atoms with E-state index in [9.17, 15) is 9.90 Å². The highest BCUT2D eigenvalue weighted by Crippen LogP contribution is 2.46. The van der Waals surface area contributed by atoms with Crippen molar-refractivity contribution in [3.8, 4) is 28.7 Å². The maximum absolute atomic E-state index is 13.5. The Morgan fingerprint density at radius 3 is 2.55 bits per heavy atom. The van der Waals surface area contributed by atoms with Crippen LogP contribution in [0.2, 0.25) is 0 Å². The maximum atomic E-state index is 13.5. The van der Waals surface area contributed by atoms with Crippen molar-refractivity contribution in [3.63, 3.8) is 0 Å². The van der Waals surface area contributed by atoms with Gasteiger partial charge in [0.25, 0.3) is 0 Å². The van der Waals surface area contributed by atoms with Crippen LogP contribution in [0.25, 0.3) is 0 Å². The summed E-state index contributed by atoms with van der Waals surface area (Å²) < 4.78 is 22.0. The predicted molar refractivity (Wildman–Crippen MR) is 124 cm³/mol. The van der Waals surface area contributed by atoms with Crippen LogP contribution in [-0.2, 0) is 4.79 Å². The second kappa shape index (κ2) is 9.41. The summed E-state index contributed by atoms with van der Waals surface area (Å²) >= 11 is 0. The number of ether oxygens (including phenoxy) is 4. The van der Waals surface area contributed by atoms with Gasteiger partial charge in [-0.15, -0.1) is 0 Å². The number of amides is 1. The fraction of sp³-hybridized carbons (Fsp3) is 0.500. The van der Waals surface area contributed by atoms with E-state index in [2.05, 4.69) is 13.8 Å². The monoisotopic (exact) mass is 455 g/mol. The Balaban J connectivity index is 1.71. The third kappa shape index (κ3) is 4.41. The molecule has 1 saturated heterocycles. The third-order valence-electron chi connectivity index (χ3n) is 7.37. The number of carbonyl (C=O) groups is 1. The van der Waals surface area contributed by atoms with Crippen LogP contribution < -0.4 is 18.9 Å². The standard InChI is InChI=1S/C26H33NO6/c1-5-26(6-2)9-10-27(15-26)24(29)14-19(17-7-8-21-22(11-17)33-16-32-21)25-20(28)12-18(30-3)13-23(25)31-4/h7-8,11-13,19,28H,5-6,9-10,14-16H2,1-4H3. The topological polar surface area (TPSA) is 77.5 Å². The van der Waals surface area contributed by atoms with Gasteiger partial charge in [-0.25, -0.2) is 0 Å². The molecule has 2 aliphatic rings. The number of carbonyl (C=O) groups excluding carboxylic acids is 1. The average molecular weight is 456 g/mol. The molecule has 178 valence electrons. The van der Waals surface area contributed by atoms with Crippen molar-refractivity contribution < 1.29 is 28.8 Å². The third-order valence-corrected chi connectivity index (χ3v) is 7.37. The molecule has 4 rings (SSSR count). The average Bonchev–Trinajstić information content (AvgIpc) is 3.49.